The molecule has 170 valence electrons. The molecule has 0 amide bonds. The molecule has 0 saturated heterocycles. The summed E-state index contributed by atoms with van der Waals surface area (Å²) in [7, 11) is 1.42. The molecule has 0 heterocycles. The summed E-state index contributed by atoms with van der Waals surface area (Å²) in [4.78, 5) is 17.9. The summed E-state index contributed by atoms with van der Waals surface area (Å²) in [6, 6.07) is 35.7. The monoisotopic (exact) mass is 511 g/mol. The Labute approximate surface area is 209 Å². The standard InChI is InChI=1S/C30H26BrNO2/c1-34-30(33)28(32-29(22-12-4-2-5-13-22)23-14-6-3-7-15-23)20-24-16-8-10-18-26(24)27-19-11-9-17-25(27)21-31/h2-19,28H,20-21H2,1H3/t28-/m1/s1. The lowest BCUT2D eigenvalue weighted by Crippen LogP contribution is -2.25. The number of hydrogen-bond acceptors (Lipinski definition) is 3. The van der Waals surface area contributed by atoms with Gasteiger partial charge in [-0.1, -0.05) is 125 Å². The van der Waals surface area contributed by atoms with Crippen molar-refractivity contribution in [3.8, 4) is 11.1 Å². The molecule has 0 N–H and O–H groups in total. The average Bonchev–Trinajstić information content (AvgIpc) is 2.91. The first-order valence-electron chi connectivity index (χ1n) is 11.2. The normalized spacial score (nSPS) is 11.5. The lowest BCUT2D eigenvalue weighted by molar-refractivity contribution is -0.142. The van der Waals surface area contributed by atoms with Gasteiger partial charge in [-0.05, 0) is 22.3 Å². The number of methoxy groups -OCH3 is 1. The van der Waals surface area contributed by atoms with Gasteiger partial charge in [-0.3, -0.25) is 4.99 Å². The van der Waals surface area contributed by atoms with Crippen LogP contribution >= 0.6 is 15.9 Å². The molecule has 4 aromatic rings. The smallest absolute Gasteiger partial charge is 0.330 e. The van der Waals surface area contributed by atoms with Crippen LogP contribution in [0, 0.1) is 0 Å². The number of aliphatic imine (C=N–C) groups is 1. The second-order valence-electron chi connectivity index (χ2n) is 7.90. The van der Waals surface area contributed by atoms with E-state index in [9.17, 15) is 4.79 Å². The molecule has 0 aliphatic carbocycles. The molecule has 0 radical (unpaired) electrons. The summed E-state index contributed by atoms with van der Waals surface area (Å²) in [6.45, 7) is 0. The van der Waals surface area contributed by atoms with Crippen LogP contribution in [0.3, 0.4) is 0 Å². The average molecular weight is 512 g/mol. The minimum Gasteiger partial charge on any atom is -0.467 e. The van der Waals surface area contributed by atoms with Gasteiger partial charge in [0.15, 0.2) is 6.04 Å². The highest BCUT2D eigenvalue weighted by Crippen LogP contribution is 2.30. The second kappa shape index (κ2) is 11.6. The van der Waals surface area contributed by atoms with E-state index in [2.05, 4.69) is 40.2 Å². The Balaban J connectivity index is 1.80. The SMILES string of the molecule is COC(=O)[C@@H](Cc1ccccc1-c1ccccc1CBr)N=C(c1ccccc1)c1ccccc1. The van der Waals surface area contributed by atoms with Crippen molar-refractivity contribution < 1.29 is 9.53 Å². The van der Waals surface area contributed by atoms with Crippen LogP contribution in [-0.2, 0) is 21.3 Å². The number of hydrogen-bond donors (Lipinski definition) is 0. The first kappa shape index (κ1) is 23.7. The molecular formula is C30H26BrNO2. The molecule has 0 saturated carbocycles. The minimum absolute atomic E-state index is 0.354. The zero-order valence-corrected chi connectivity index (χ0v) is 20.6. The van der Waals surface area contributed by atoms with Crippen LogP contribution in [0.1, 0.15) is 22.3 Å². The van der Waals surface area contributed by atoms with E-state index in [0.29, 0.717) is 6.42 Å². The lowest BCUT2D eigenvalue weighted by atomic mass is 9.92. The summed E-state index contributed by atoms with van der Waals surface area (Å²) >= 11 is 3.60. The summed E-state index contributed by atoms with van der Waals surface area (Å²) in [6.07, 6.45) is 0.433. The van der Waals surface area contributed by atoms with Crippen molar-refractivity contribution >= 4 is 27.6 Å². The molecule has 4 aromatic carbocycles. The van der Waals surface area contributed by atoms with Crippen molar-refractivity contribution in [1.29, 1.82) is 0 Å². The number of halogens is 1. The summed E-state index contributed by atoms with van der Waals surface area (Å²) < 4.78 is 5.19. The molecular weight excluding hydrogens is 486 g/mol. The highest BCUT2D eigenvalue weighted by molar-refractivity contribution is 9.08. The molecule has 34 heavy (non-hydrogen) atoms. The Kier molecular flexibility index (Phi) is 8.05. The minimum atomic E-state index is -0.683. The summed E-state index contributed by atoms with van der Waals surface area (Å²) in [5.74, 6) is -0.354. The zero-order valence-electron chi connectivity index (χ0n) is 19.0. The van der Waals surface area contributed by atoms with E-state index < -0.39 is 6.04 Å². The fourth-order valence-electron chi connectivity index (χ4n) is 4.05. The molecule has 0 aliphatic heterocycles. The lowest BCUT2D eigenvalue weighted by Gasteiger charge is -2.17. The third-order valence-corrected chi connectivity index (χ3v) is 6.34. The third-order valence-electron chi connectivity index (χ3n) is 5.73. The molecule has 0 aromatic heterocycles. The Hall–Kier alpha value is -3.50. The van der Waals surface area contributed by atoms with Gasteiger partial charge in [-0.25, -0.2) is 4.79 Å². The summed E-state index contributed by atoms with van der Waals surface area (Å²) in [5.41, 5.74) is 7.19. The van der Waals surface area contributed by atoms with Crippen LogP contribution in [0.2, 0.25) is 0 Å². The molecule has 3 nitrogen and oxygen atoms in total. The van der Waals surface area contributed by atoms with Gasteiger partial charge in [0, 0.05) is 22.9 Å². The largest absolute Gasteiger partial charge is 0.467 e. The van der Waals surface area contributed by atoms with Crippen LogP contribution in [0.15, 0.2) is 114 Å². The predicted molar refractivity (Wildman–Crippen MR) is 143 cm³/mol. The van der Waals surface area contributed by atoms with Crippen LogP contribution in [-0.4, -0.2) is 24.8 Å². The van der Waals surface area contributed by atoms with Gasteiger partial charge in [-0.2, -0.15) is 0 Å². The van der Waals surface area contributed by atoms with Crippen molar-refractivity contribution in [3.63, 3.8) is 0 Å². The van der Waals surface area contributed by atoms with Crippen molar-refractivity contribution in [2.24, 2.45) is 4.99 Å². The van der Waals surface area contributed by atoms with E-state index in [-0.39, 0.29) is 5.97 Å². The van der Waals surface area contributed by atoms with Gasteiger partial charge in [0.1, 0.15) is 0 Å². The summed E-state index contributed by atoms with van der Waals surface area (Å²) in [5, 5.41) is 0.752. The Morgan fingerprint density at radius 1 is 0.735 bits per heavy atom. The first-order chi connectivity index (χ1) is 16.7. The van der Waals surface area contributed by atoms with E-state index in [0.717, 1.165) is 38.9 Å². The van der Waals surface area contributed by atoms with Gasteiger partial charge in [0.05, 0.1) is 12.8 Å². The fraction of sp³-hybridized carbons (Fsp3) is 0.133. The Morgan fingerprint density at radius 2 is 1.21 bits per heavy atom. The fourth-order valence-corrected chi connectivity index (χ4v) is 4.54. The quantitative estimate of drug-likeness (QED) is 0.147. The molecule has 4 rings (SSSR count). The van der Waals surface area contributed by atoms with Crippen molar-refractivity contribution in [1.82, 2.24) is 0 Å². The van der Waals surface area contributed by atoms with Crippen LogP contribution in [0.4, 0.5) is 0 Å². The Morgan fingerprint density at radius 3 is 1.74 bits per heavy atom. The Bertz CT molecular complexity index is 1230. The molecule has 4 heteroatoms. The number of benzene rings is 4. The van der Waals surface area contributed by atoms with E-state index in [1.54, 1.807) is 0 Å². The highest BCUT2D eigenvalue weighted by atomic mass is 79.9. The predicted octanol–water partition coefficient (Wildman–Crippen LogP) is 6.87. The number of esters is 1. The second-order valence-corrected chi connectivity index (χ2v) is 8.46. The number of rotatable bonds is 8. The van der Waals surface area contributed by atoms with Gasteiger partial charge in [0.2, 0.25) is 0 Å². The third kappa shape index (κ3) is 5.52. The topological polar surface area (TPSA) is 38.7 Å². The van der Waals surface area contributed by atoms with E-state index in [1.165, 1.54) is 12.7 Å². The molecule has 0 unspecified atom stereocenters. The number of carbonyl (C=O) groups is 1. The van der Waals surface area contributed by atoms with Crippen molar-refractivity contribution in [2.45, 2.75) is 17.8 Å². The number of ether oxygens (including phenoxy) is 1. The first-order valence-corrected chi connectivity index (χ1v) is 12.3. The number of nitrogens with zero attached hydrogens (tertiary/aromatic N) is 1. The number of carbonyl (C=O) groups excluding carboxylic acids is 1. The van der Waals surface area contributed by atoms with Crippen molar-refractivity contribution in [2.75, 3.05) is 7.11 Å². The van der Waals surface area contributed by atoms with Crippen LogP contribution < -0.4 is 0 Å². The maximum Gasteiger partial charge on any atom is 0.330 e. The number of alkyl halides is 1. The molecule has 0 spiro atoms. The van der Waals surface area contributed by atoms with Crippen LogP contribution in [0.25, 0.3) is 11.1 Å². The van der Waals surface area contributed by atoms with Crippen molar-refractivity contribution in [3.05, 3.63) is 131 Å². The van der Waals surface area contributed by atoms with Gasteiger partial charge in [0.25, 0.3) is 0 Å². The molecule has 0 aliphatic rings. The molecule has 1 atom stereocenters. The van der Waals surface area contributed by atoms with Gasteiger partial charge < -0.3 is 4.74 Å². The van der Waals surface area contributed by atoms with Gasteiger partial charge in [-0.15, -0.1) is 0 Å². The maximum absolute atomic E-state index is 12.9. The van der Waals surface area contributed by atoms with E-state index >= 15 is 0 Å². The molecule has 0 bridgehead atoms. The maximum atomic E-state index is 12.9. The van der Waals surface area contributed by atoms with Crippen LogP contribution in [0.5, 0.6) is 0 Å². The zero-order chi connectivity index (χ0) is 23.8. The highest BCUT2D eigenvalue weighted by Gasteiger charge is 2.23. The van der Waals surface area contributed by atoms with Gasteiger partial charge >= 0.3 is 5.97 Å². The van der Waals surface area contributed by atoms with E-state index in [1.807, 2.05) is 84.9 Å². The van der Waals surface area contributed by atoms with E-state index in [4.69, 9.17) is 9.73 Å². The molecule has 0 fully saturated rings.